The molecule has 0 aromatic heterocycles. The minimum absolute atomic E-state index is 0. The van der Waals surface area contributed by atoms with E-state index in [2.05, 4.69) is 12.2 Å². The SMILES string of the molecule is CC1CC(NC(=O)C2(N)CCOCC2)C1.Cl. The Bertz CT molecular complexity index is 248. The molecule has 4 nitrogen and oxygen atoms in total. The van der Waals surface area contributed by atoms with E-state index in [1.807, 2.05) is 0 Å². The van der Waals surface area contributed by atoms with Crippen LogP contribution >= 0.6 is 12.4 Å². The van der Waals surface area contributed by atoms with Gasteiger partial charge in [-0.1, -0.05) is 6.92 Å². The number of carbonyl (C=O) groups excluding carboxylic acids is 1. The molecule has 16 heavy (non-hydrogen) atoms. The average molecular weight is 249 g/mol. The predicted octanol–water partition coefficient (Wildman–Crippen LogP) is 0.831. The molecule has 3 N–H and O–H groups in total. The molecule has 0 atom stereocenters. The number of nitrogens with two attached hydrogens (primary N) is 1. The lowest BCUT2D eigenvalue weighted by molar-refractivity contribution is -0.131. The van der Waals surface area contributed by atoms with Crippen molar-refractivity contribution in [3.63, 3.8) is 0 Å². The Morgan fingerprint density at radius 3 is 2.44 bits per heavy atom. The summed E-state index contributed by atoms with van der Waals surface area (Å²) in [5.41, 5.74) is 5.39. The van der Waals surface area contributed by atoms with Crippen molar-refractivity contribution in [3.05, 3.63) is 0 Å². The number of hydrogen-bond acceptors (Lipinski definition) is 3. The first kappa shape index (κ1) is 13.7. The van der Waals surface area contributed by atoms with Gasteiger partial charge in [0.2, 0.25) is 5.91 Å². The normalized spacial score (nSPS) is 32.1. The van der Waals surface area contributed by atoms with E-state index in [1.54, 1.807) is 0 Å². The van der Waals surface area contributed by atoms with Gasteiger partial charge in [0.05, 0.1) is 5.54 Å². The van der Waals surface area contributed by atoms with Crippen molar-refractivity contribution in [1.82, 2.24) is 5.32 Å². The Morgan fingerprint density at radius 1 is 1.38 bits per heavy atom. The van der Waals surface area contributed by atoms with Crippen molar-refractivity contribution in [2.24, 2.45) is 11.7 Å². The molecular formula is C11H21ClN2O2. The fourth-order valence-corrected chi connectivity index (χ4v) is 2.31. The van der Waals surface area contributed by atoms with Crippen molar-refractivity contribution in [2.75, 3.05) is 13.2 Å². The van der Waals surface area contributed by atoms with Crippen molar-refractivity contribution >= 4 is 18.3 Å². The first-order valence-electron chi connectivity index (χ1n) is 5.78. The van der Waals surface area contributed by atoms with Crippen LogP contribution in [0, 0.1) is 5.92 Å². The molecule has 0 spiro atoms. The maximum Gasteiger partial charge on any atom is 0.240 e. The lowest BCUT2D eigenvalue weighted by atomic mass is 9.81. The number of nitrogens with one attached hydrogen (secondary N) is 1. The molecule has 0 aromatic rings. The van der Waals surface area contributed by atoms with Gasteiger partial charge < -0.3 is 15.8 Å². The summed E-state index contributed by atoms with van der Waals surface area (Å²) in [7, 11) is 0. The summed E-state index contributed by atoms with van der Waals surface area (Å²) >= 11 is 0. The van der Waals surface area contributed by atoms with Gasteiger partial charge in [0.1, 0.15) is 0 Å². The van der Waals surface area contributed by atoms with E-state index in [-0.39, 0.29) is 18.3 Å². The van der Waals surface area contributed by atoms with Gasteiger partial charge in [-0.2, -0.15) is 0 Å². The first-order valence-corrected chi connectivity index (χ1v) is 5.78. The van der Waals surface area contributed by atoms with E-state index >= 15 is 0 Å². The number of hydrogen-bond donors (Lipinski definition) is 2. The third kappa shape index (κ3) is 2.87. The molecule has 1 aliphatic heterocycles. The van der Waals surface area contributed by atoms with Crippen molar-refractivity contribution < 1.29 is 9.53 Å². The first-order chi connectivity index (χ1) is 7.10. The highest BCUT2D eigenvalue weighted by Gasteiger charge is 2.38. The van der Waals surface area contributed by atoms with Crippen LogP contribution in [-0.2, 0) is 9.53 Å². The summed E-state index contributed by atoms with van der Waals surface area (Å²) in [4.78, 5) is 11.9. The van der Waals surface area contributed by atoms with Crippen molar-refractivity contribution in [3.8, 4) is 0 Å². The molecule has 0 bridgehead atoms. The number of halogens is 1. The zero-order chi connectivity index (χ0) is 10.9. The molecule has 1 heterocycles. The summed E-state index contributed by atoms with van der Waals surface area (Å²) in [5, 5.41) is 3.04. The Hall–Kier alpha value is -0.320. The number of ether oxygens (including phenoxy) is 1. The quantitative estimate of drug-likeness (QED) is 0.761. The van der Waals surface area contributed by atoms with Gasteiger partial charge in [0.15, 0.2) is 0 Å². The highest BCUT2D eigenvalue weighted by atomic mass is 35.5. The molecule has 5 heteroatoms. The third-order valence-corrected chi connectivity index (χ3v) is 3.55. The molecular weight excluding hydrogens is 228 g/mol. The van der Waals surface area contributed by atoms with Crippen LogP contribution in [0.2, 0.25) is 0 Å². The second kappa shape index (κ2) is 5.34. The third-order valence-electron chi connectivity index (χ3n) is 3.55. The van der Waals surface area contributed by atoms with Crippen LogP contribution in [-0.4, -0.2) is 30.7 Å². The summed E-state index contributed by atoms with van der Waals surface area (Å²) < 4.78 is 5.22. The Morgan fingerprint density at radius 2 is 1.94 bits per heavy atom. The van der Waals surface area contributed by atoms with Crippen molar-refractivity contribution in [1.29, 1.82) is 0 Å². The van der Waals surface area contributed by atoms with Gasteiger partial charge in [-0.25, -0.2) is 0 Å². The van der Waals surface area contributed by atoms with Crippen LogP contribution in [0.5, 0.6) is 0 Å². The monoisotopic (exact) mass is 248 g/mol. The Kier molecular flexibility index (Phi) is 4.59. The maximum atomic E-state index is 11.9. The fraction of sp³-hybridized carbons (Fsp3) is 0.909. The highest BCUT2D eigenvalue weighted by Crippen LogP contribution is 2.27. The average Bonchev–Trinajstić information content (AvgIpc) is 2.16. The van der Waals surface area contributed by atoms with Crippen LogP contribution < -0.4 is 11.1 Å². The lowest BCUT2D eigenvalue weighted by Gasteiger charge is -2.38. The molecule has 1 saturated carbocycles. The fourth-order valence-electron chi connectivity index (χ4n) is 2.31. The minimum atomic E-state index is -0.683. The molecule has 1 saturated heterocycles. The van der Waals surface area contributed by atoms with Crippen LogP contribution in [0.25, 0.3) is 0 Å². The van der Waals surface area contributed by atoms with E-state index in [0.29, 0.717) is 32.1 Å². The number of rotatable bonds is 2. The molecule has 0 radical (unpaired) electrons. The van der Waals surface area contributed by atoms with Crippen molar-refractivity contribution in [2.45, 2.75) is 44.2 Å². The smallest absolute Gasteiger partial charge is 0.240 e. The van der Waals surface area contributed by atoms with E-state index in [4.69, 9.17) is 10.5 Å². The van der Waals surface area contributed by atoms with Gasteiger partial charge in [-0.3, -0.25) is 4.79 Å². The summed E-state index contributed by atoms with van der Waals surface area (Å²) in [6, 6.07) is 0.357. The topological polar surface area (TPSA) is 64.4 Å². The van der Waals surface area contributed by atoms with Gasteiger partial charge in [-0.15, -0.1) is 12.4 Å². The van der Waals surface area contributed by atoms with Gasteiger partial charge >= 0.3 is 0 Å². The molecule has 94 valence electrons. The highest BCUT2D eigenvalue weighted by molar-refractivity contribution is 5.86. The predicted molar refractivity (Wildman–Crippen MR) is 64.5 cm³/mol. The standard InChI is InChI=1S/C11H20N2O2.ClH/c1-8-6-9(7-8)13-10(14)11(12)2-4-15-5-3-11;/h8-9H,2-7,12H2,1H3,(H,13,14);1H. The largest absolute Gasteiger partial charge is 0.381 e. The van der Waals surface area contributed by atoms with E-state index in [1.165, 1.54) is 0 Å². The minimum Gasteiger partial charge on any atom is -0.381 e. The molecule has 1 aliphatic carbocycles. The Labute approximate surface area is 103 Å². The van der Waals surface area contributed by atoms with Crippen LogP contribution in [0.4, 0.5) is 0 Å². The molecule has 0 aromatic carbocycles. The second-order valence-corrected chi connectivity index (χ2v) is 5.02. The van der Waals surface area contributed by atoms with Crippen LogP contribution in [0.1, 0.15) is 32.6 Å². The van der Waals surface area contributed by atoms with Crippen LogP contribution in [0.15, 0.2) is 0 Å². The van der Waals surface area contributed by atoms with E-state index in [0.717, 1.165) is 18.8 Å². The van der Waals surface area contributed by atoms with Gasteiger partial charge in [-0.05, 0) is 31.6 Å². The number of amides is 1. The second-order valence-electron chi connectivity index (χ2n) is 5.02. The van der Waals surface area contributed by atoms with Crippen LogP contribution in [0.3, 0.4) is 0 Å². The summed E-state index contributed by atoms with van der Waals surface area (Å²) in [5.74, 6) is 0.765. The van der Waals surface area contributed by atoms with Gasteiger partial charge in [0, 0.05) is 19.3 Å². The molecule has 0 unspecified atom stereocenters. The summed E-state index contributed by atoms with van der Waals surface area (Å²) in [6.07, 6.45) is 3.47. The summed E-state index contributed by atoms with van der Waals surface area (Å²) in [6.45, 7) is 3.41. The number of carbonyl (C=O) groups is 1. The van der Waals surface area contributed by atoms with Gasteiger partial charge in [0.25, 0.3) is 0 Å². The Balaban J connectivity index is 0.00000128. The molecule has 2 rings (SSSR count). The lowest BCUT2D eigenvalue weighted by Crippen LogP contribution is -2.60. The van der Waals surface area contributed by atoms with E-state index in [9.17, 15) is 4.79 Å². The molecule has 2 fully saturated rings. The van der Waals surface area contributed by atoms with E-state index < -0.39 is 5.54 Å². The molecule has 1 amide bonds. The zero-order valence-electron chi connectivity index (χ0n) is 9.70. The maximum absolute atomic E-state index is 11.9. The molecule has 2 aliphatic rings. The zero-order valence-corrected chi connectivity index (χ0v) is 10.5.